The molecule has 2 atom stereocenters. The fraction of sp³-hybridized carbons (Fsp3) is 0.706. The predicted molar refractivity (Wildman–Crippen MR) is 84.4 cm³/mol. The minimum Gasteiger partial charge on any atom is -0.481 e. The van der Waals surface area contributed by atoms with E-state index in [1.54, 1.807) is 7.11 Å². The van der Waals surface area contributed by atoms with Gasteiger partial charge in [0.15, 0.2) is 0 Å². The molecule has 4 nitrogen and oxygen atoms in total. The highest BCUT2D eigenvalue weighted by Gasteiger charge is 2.45. The van der Waals surface area contributed by atoms with Gasteiger partial charge >= 0.3 is 0 Å². The molecule has 1 aliphatic carbocycles. The lowest BCUT2D eigenvalue weighted by atomic mass is 9.90. The smallest absolute Gasteiger partial charge is 0.213 e. The quantitative estimate of drug-likeness (QED) is 0.903. The normalized spacial score (nSPS) is 30.3. The van der Waals surface area contributed by atoms with Gasteiger partial charge in [-0.05, 0) is 38.2 Å². The van der Waals surface area contributed by atoms with E-state index in [2.05, 4.69) is 35.1 Å². The highest BCUT2D eigenvalue weighted by Crippen LogP contribution is 2.41. The van der Waals surface area contributed by atoms with Crippen molar-refractivity contribution in [2.75, 3.05) is 20.2 Å². The maximum atomic E-state index is 5.24. The third-order valence-corrected chi connectivity index (χ3v) is 5.09. The molecule has 1 saturated carbocycles. The van der Waals surface area contributed by atoms with Gasteiger partial charge in [-0.2, -0.15) is 0 Å². The summed E-state index contributed by atoms with van der Waals surface area (Å²) < 4.78 is 5.24. The number of nitrogens with one attached hydrogen (secondary N) is 1. The van der Waals surface area contributed by atoms with E-state index in [4.69, 9.17) is 4.74 Å². The summed E-state index contributed by atoms with van der Waals surface area (Å²) in [6, 6.07) is 6.65. The third-order valence-electron chi connectivity index (χ3n) is 5.09. The van der Waals surface area contributed by atoms with Crippen LogP contribution in [0.3, 0.4) is 0 Å². The summed E-state index contributed by atoms with van der Waals surface area (Å²) in [7, 11) is 1.68. The van der Waals surface area contributed by atoms with Gasteiger partial charge in [0.2, 0.25) is 5.88 Å². The van der Waals surface area contributed by atoms with Gasteiger partial charge in [-0.25, -0.2) is 4.98 Å². The second-order valence-corrected chi connectivity index (χ2v) is 6.71. The first-order chi connectivity index (χ1) is 10.1. The second-order valence-electron chi connectivity index (χ2n) is 6.71. The number of hydrogen-bond acceptors (Lipinski definition) is 4. The van der Waals surface area contributed by atoms with E-state index in [0.29, 0.717) is 11.9 Å². The van der Waals surface area contributed by atoms with E-state index >= 15 is 0 Å². The molecule has 2 heterocycles. The highest BCUT2D eigenvalue weighted by molar-refractivity contribution is 5.16. The Morgan fingerprint density at radius 3 is 2.90 bits per heavy atom. The Balaban J connectivity index is 1.73. The minimum absolute atomic E-state index is 0.282. The van der Waals surface area contributed by atoms with Crippen molar-refractivity contribution in [2.45, 2.75) is 51.2 Å². The number of pyridine rings is 1. The Labute approximate surface area is 127 Å². The lowest BCUT2D eigenvalue weighted by molar-refractivity contribution is 0.0654. The molecule has 1 aromatic rings. The molecule has 1 aliphatic heterocycles. The molecule has 1 saturated heterocycles. The molecule has 0 spiro atoms. The van der Waals surface area contributed by atoms with Crippen LogP contribution >= 0.6 is 0 Å². The van der Waals surface area contributed by atoms with E-state index in [0.717, 1.165) is 31.2 Å². The first-order valence-electron chi connectivity index (χ1n) is 8.13. The molecule has 21 heavy (non-hydrogen) atoms. The standard InChI is InChI=1S/C17H27N3O/c1-4-15-10-18-17(2,13-8-9-13)12-20(15)11-14-6-5-7-16(19-14)21-3/h5-7,13,15,18H,4,8-12H2,1-3H3. The number of methoxy groups -OCH3 is 1. The molecule has 0 radical (unpaired) electrons. The number of rotatable bonds is 5. The van der Waals surface area contributed by atoms with Crippen LogP contribution in [-0.4, -0.2) is 41.7 Å². The zero-order valence-corrected chi connectivity index (χ0v) is 13.4. The maximum absolute atomic E-state index is 5.24. The third kappa shape index (κ3) is 3.22. The first-order valence-corrected chi connectivity index (χ1v) is 8.13. The topological polar surface area (TPSA) is 37.4 Å². The Hall–Kier alpha value is -1.13. The van der Waals surface area contributed by atoms with Gasteiger partial charge in [-0.15, -0.1) is 0 Å². The zero-order valence-electron chi connectivity index (χ0n) is 13.4. The van der Waals surface area contributed by atoms with E-state index in [9.17, 15) is 0 Å². The van der Waals surface area contributed by atoms with Crippen LogP contribution in [0.2, 0.25) is 0 Å². The van der Waals surface area contributed by atoms with Gasteiger partial charge in [0.25, 0.3) is 0 Å². The van der Waals surface area contributed by atoms with Crippen LogP contribution in [0.4, 0.5) is 0 Å². The van der Waals surface area contributed by atoms with Crippen molar-refractivity contribution in [3.63, 3.8) is 0 Å². The Morgan fingerprint density at radius 2 is 2.24 bits per heavy atom. The molecule has 0 amide bonds. The number of hydrogen-bond donors (Lipinski definition) is 1. The number of aromatic nitrogens is 1. The van der Waals surface area contributed by atoms with Crippen molar-refractivity contribution < 1.29 is 4.74 Å². The van der Waals surface area contributed by atoms with Crippen LogP contribution in [0.1, 0.15) is 38.8 Å². The summed E-state index contributed by atoms with van der Waals surface area (Å²) in [6.45, 7) is 7.79. The molecule has 0 aromatic carbocycles. The minimum atomic E-state index is 0.282. The molecule has 3 rings (SSSR count). The van der Waals surface area contributed by atoms with Crippen molar-refractivity contribution in [1.82, 2.24) is 15.2 Å². The Morgan fingerprint density at radius 1 is 1.43 bits per heavy atom. The molecule has 4 heteroatoms. The van der Waals surface area contributed by atoms with Gasteiger partial charge in [0, 0.05) is 37.3 Å². The van der Waals surface area contributed by atoms with Crippen LogP contribution in [0.25, 0.3) is 0 Å². The molecule has 1 aromatic heterocycles. The number of piperazine rings is 1. The number of nitrogens with zero attached hydrogens (tertiary/aromatic N) is 2. The van der Waals surface area contributed by atoms with Gasteiger partial charge in [0.05, 0.1) is 12.8 Å². The lowest BCUT2D eigenvalue weighted by Gasteiger charge is -2.46. The van der Waals surface area contributed by atoms with Crippen LogP contribution in [0.5, 0.6) is 5.88 Å². The van der Waals surface area contributed by atoms with Gasteiger partial charge in [0.1, 0.15) is 0 Å². The van der Waals surface area contributed by atoms with Gasteiger partial charge in [-0.3, -0.25) is 4.90 Å². The first kappa shape index (κ1) is 14.8. The SMILES string of the molecule is CCC1CNC(C)(C2CC2)CN1Cc1cccc(OC)n1. The predicted octanol–water partition coefficient (Wildman–Crippen LogP) is 2.44. The molecule has 0 bridgehead atoms. The van der Waals surface area contributed by atoms with E-state index in [1.807, 2.05) is 12.1 Å². The summed E-state index contributed by atoms with van der Waals surface area (Å²) in [4.78, 5) is 7.19. The fourth-order valence-corrected chi connectivity index (χ4v) is 3.54. The molecule has 2 aliphatic rings. The fourth-order valence-electron chi connectivity index (χ4n) is 3.54. The van der Waals surface area contributed by atoms with Crippen molar-refractivity contribution in [3.05, 3.63) is 23.9 Å². The molecule has 2 unspecified atom stereocenters. The van der Waals surface area contributed by atoms with Crippen LogP contribution in [0.15, 0.2) is 18.2 Å². The summed E-state index contributed by atoms with van der Waals surface area (Å²) in [6.07, 6.45) is 3.94. The summed E-state index contributed by atoms with van der Waals surface area (Å²) in [5.41, 5.74) is 1.39. The van der Waals surface area contributed by atoms with Crippen molar-refractivity contribution >= 4 is 0 Å². The lowest BCUT2D eigenvalue weighted by Crippen LogP contribution is -2.63. The second kappa shape index (κ2) is 5.93. The van der Waals surface area contributed by atoms with Crippen LogP contribution in [0, 0.1) is 5.92 Å². The summed E-state index contributed by atoms with van der Waals surface area (Å²) in [5, 5.41) is 3.81. The summed E-state index contributed by atoms with van der Waals surface area (Å²) >= 11 is 0. The van der Waals surface area contributed by atoms with Gasteiger partial charge in [-0.1, -0.05) is 13.0 Å². The average molecular weight is 289 g/mol. The molecule has 1 N–H and O–H groups in total. The van der Waals surface area contributed by atoms with Gasteiger partial charge < -0.3 is 10.1 Å². The monoisotopic (exact) mass is 289 g/mol. The molecule has 116 valence electrons. The van der Waals surface area contributed by atoms with Crippen molar-refractivity contribution in [3.8, 4) is 5.88 Å². The molecule has 2 fully saturated rings. The Kier molecular flexibility index (Phi) is 4.18. The molecular weight excluding hydrogens is 262 g/mol. The van der Waals surface area contributed by atoms with Crippen molar-refractivity contribution in [2.24, 2.45) is 5.92 Å². The largest absolute Gasteiger partial charge is 0.481 e. The van der Waals surface area contributed by atoms with E-state index < -0.39 is 0 Å². The van der Waals surface area contributed by atoms with E-state index in [1.165, 1.54) is 19.3 Å². The van der Waals surface area contributed by atoms with Crippen LogP contribution in [-0.2, 0) is 6.54 Å². The summed E-state index contributed by atoms with van der Waals surface area (Å²) in [5.74, 6) is 1.57. The number of ether oxygens (including phenoxy) is 1. The Bertz CT molecular complexity index is 489. The van der Waals surface area contributed by atoms with Crippen molar-refractivity contribution in [1.29, 1.82) is 0 Å². The average Bonchev–Trinajstić information content (AvgIpc) is 3.33. The zero-order chi connectivity index (χ0) is 14.9. The van der Waals surface area contributed by atoms with Crippen LogP contribution < -0.4 is 10.1 Å². The molecular formula is C17H27N3O. The highest BCUT2D eigenvalue weighted by atomic mass is 16.5. The van der Waals surface area contributed by atoms with E-state index in [-0.39, 0.29) is 5.54 Å². The maximum Gasteiger partial charge on any atom is 0.213 e.